The first-order valence-corrected chi connectivity index (χ1v) is 6.31. The third-order valence-electron chi connectivity index (χ3n) is 3.17. The molecule has 0 unspecified atom stereocenters. The Hall–Kier alpha value is -1.30. The number of aliphatic hydroxyl groups is 1. The maximum absolute atomic E-state index is 11.7. The van der Waals surface area contributed by atoms with Gasteiger partial charge in [0.1, 0.15) is 0 Å². The average molecular weight is 286 g/mol. The van der Waals surface area contributed by atoms with Gasteiger partial charge in [-0.1, -0.05) is 11.6 Å². The van der Waals surface area contributed by atoms with Crippen molar-refractivity contribution in [3.05, 3.63) is 28.3 Å². The minimum Gasteiger partial charge on any atom is -0.465 e. The number of ether oxygens (including phenoxy) is 2. The third kappa shape index (κ3) is 3.00. The lowest BCUT2D eigenvalue weighted by Gasteiger charge is -2.19. The molecule has 1 heterocycles. The minimum atomic E-state index is -0.569. The number of carbonyl (C=O) groups is 1. The van der Waals surface area contributed by atoms with Crippen molar-refractivity contribution >= 4 is 23.3 Å². The van der Waals surface area contributed by atoms with E-state index in [1.165, 1.54) is 7.11 Å². The zero-order valence-electron chi connectivity index (χ0n) is 10.8. The van der Waals surface area contributed by atoms with Crippen molar-refractivity contribution in [2.75, 3.05) is 25.6 Å². The van der Waals surface area contributed by atoms with Gasteiger partial charge in [-0.05, 0) is 24.6 Å². The van der Waals surface area contributed by atoms with Crippen LogP contribution in [0.3, 0.4) is 0 Å². The molecule has 0 aromatic heterocycles. The van der Waals surface area contributed by atoms with Crippen LogP contribution in [0, 0.1) is 6.92 Å². The lowest BCUT2D eigenvalue weighted by Crippen LogP contribution is -2.32. The molecule has 1 aromatic carbocycles. The van der Waals surface area contributed by atoms with E-state index in [9.17, 15) is 9.90 Å². The Labute approximate surface area is 116 Å². The van der Waals surface area contributed by atoms with E-state index in [0.717, 1.165) is 5.56 Å². The van der Waals surface area contributed by atoms with Crippen LogP contribution >= 0.6 is 11.6 Å². The molecule has 104 valence electrons. The Balaban J connectivity index is 2.29. The molecule has 1 aliphatic heterocycles. The summed E-state index contributed by atoms with van der Waals surface area (Å²) < 4.78 is 9.89. The smallest absolute Gasteiger partial charge is 0.338 e. The molecule has 0 aliphatic carbocycles. The topological polar surface area (TPSA) is 67.8 Å². The van der Waals surface area contributed by atoms with Crippen LogP contribution in [0.15, 0.2) is 12.1 Å². The van der Waals surface area contributed by atoms with Gasteiger partial charge in [0, 0.05) is 10.7 Å². The molecular weight excluding hydrogens is 270 g/mol. The lowest BCUT2D eigenvalue weighted by atomic mass is 10.1. The van der Waals surface area contributed by atoms with Crippen LogP contribution in [-0.4, -0.2) is 43.5 Å². The van der Waals surface area contributed by atoms with Gasteiger partial charge in [-0.2, -0.15) is 0 Å². The maximum atomic E-state index is 11.7. The van der Waals surface area contributed by atoms with E-state index in [4.69, 9.17) is 21.1 Å². The largest absolute Gasteiger partial charge is 0.465 e. The molecule has 1 aromatic rings. The summed E-state index contributed by atoms with van der Waals surface area (Å²) in [6.45, 7) is 2.52. The summed E-state index contributed by atoms with van der Waals surface area (Å²) in [5.74, 6) is -0.439. The first-order valence-electron chi connectivity index (χ1n) is 5.93. The molecular formula is C13H16ClNO4. The van der Waals surface area contributed by atoms with Gasteiger partial charge < -0.3 is 19.9 Å². The number of methoxy groups -OCH3 is 1. The summed E-state index contributed by atoms with van der Waals surface area (Å²) >= 11 is 6.00. The maximum Gasteiger partial charge on any atom is 0.338 e. The summed E-state index contributed by atoms with van der Waals surface area (Å²) in [6.07, 6.45) is -0.569. The molecule has 1 saturated heterocycles. The highest BCUT2D eigenvalue weighted by Gasteiger charge is 2.27. The van der Waals surface area contributed by atoms with Crippen LogP contribution in [0.2, 0.25) is 5.02 Å². The quantitative estimate of drug-likeness (QED) is 0.826. The van der Waals surface area contributed by atoms with Gasteiger partial charge in [0.05, 0.1) is 38.0 Å². The van der Waals surface area contributed by atoms with E-state index in [-0.39, 0.29) is 6.04 Å². The minimum absolute atomic E-state index is 0.206. The number of esters is 1. The standard InChI is InChI=1S/C13H16ClNO4/c1-7-9(13(17)18-2)3-8(14)4-10(7)15-11-5-19-6-12(11)16/h3-4,11-12,15-16H,5-6H2,1-2H3/t11-,12-/m1/s1. The zero-order chi connectivity index (χ0) is 14.0. The first-order chi connectivity index (χ1) is 9.02. The highest BCUT2D eigenvalue weighted by molar-refractivity contribution is 6.31. The van der Waals surface area contributed by atoms with E-state index in [1.807, 2.05) is 0 Å². The second-order valence-electron chi connectivity index (χ2n) is 4.47. The number of halogens is 1. The number of rotatable bonds is 3. The fourth-order valence-electron chi connectivity index (χ4n) is 2.03. The molecule has 5 nitrogen and oxygen atoms in total. The van der Waals surface area contributed by atoms with Crippen LogP contribution in [0.4, 0.5) is 5.69 Å². The summed E-state index contributed by atoms with van der Waals surface area (Å²) in [5, 5.41) is 13.3. The van der Waals surface area contributed by atoms with Gasteiger partial charge in [-0.15, -0.1) is 0 Å². The van der Waals surface area contributed by atoms with Crippen LogP contribution in [0.25, 0.3) is 0 Å². The van der Waals surface area contributed by atoms with Crippen LogP contribution < -0.4 is 5.32 Å². The van der Waals surface area contributed by atoms with Crippen molar-refractivity contribution in [3.8, 4) is 0 Å². The predicted octanol–water partition coefficient (Wildman–Crippen LogP) is 1.61. The van der Waals surface area contributed by atoms with Crippen LogP contribution in [-0.2, 0) is 9.47 Å². The van der Waals surface area contributed by atoms with Crippen molar-refractivity contribution in [3.63, 3.8) is 0 Å². The second-order valence-corrected chi connectivity index (χ2v) is 4.91. The molecule has 1 fully saturated rings. The molecule has 1 aliphatic rings. The fraction of sp³-hybridized carbons (Fsp3) is 0.462. The number of hydrogen-bond donors (Lipinski definition) is 2. The van der Waals surface area contributed by atoms with Gasteiger partial charge in [0.15, 0.2) is 0 Å². The number of nitrogens with one attached hydrogen (secondary N) is 1. The monoisotopic (exact) mass is 285 g/mol. The highest BCUT2D eigenvalue weighted by atomic mass is 35.5. The molecule has 0 saturated carbocycles. The number of anilines is 1. The molecule has 6 heteroatoms. The highest BCUT2D eigenvalue weighted by Crippen LogP contribution is 2.27. The third-order valence-corrected chi connectivity index (χ3v) is 3.39. The van der Waals surface area contributed by atoms with Gasteiger partial charge in [-0.3, -0.25) is 0 Å². The lowest BCUT2D eigenvalue weighted by molar-refractivity contribution is 0.0600. The van der Waals surface area contributed by atoms with E-state index in [0.29, 0.717) is 29.5 Å². The van der Waals surface area contributed by atoms with Crippen molar-refractivity contribution in [2.45, 2.75) is 19.1 Å². The fourth-order valence-corrected chi connectivity index (χ4v) is 2.25. The van der Waals surface area contributed by atoms with Gasteiger partial charge in [-0.25, -0.2) is 4.79 Å². The Morgan fingerprint density at radius 1 is 1.53 bits per heavy atom. The van der Waals surface area contributed by atoms with Crippen molar-refractivity contribution in [1.29, 1.82) is 0 Å². The van der Waals surface area contributed by atoms with Crippen molar-refractivity contribution < 1.29 is 19.4 Å². The summed E-state index contributed by atoms with van der Waals surface area (Å²) in [7, 11) is 1.32. The predicted molar refractivity (Wildman–Crippen MR) is 71.8 cm³/mol. The van der Waals surface area contributed by atoms with Crippen LogP contribution in [0.5, 0.6) is 0 Å². The molecule has 19 heavy (non-hydrogen) atoms. The van der Waals surface area contributed by atoms with Crippen LogP contribution in [0.1, 0.15) is 15.9 Å². The number of hydrogen-bond acceptors (Lipinski definition) is 5. The number of carbonyl (C=O) groups excluding carboxylic acids is 1. The zero-order valence-corrected chi connectivity index (χ0v) is 11.5. The SMILES string of the molecule is COC(=O)c1cc(Cl)cc(N[C@@H]2COC[C@H]2O)c1C. The normalized spacial score (nSPS) is 22.3. The molecule has 2 N–H and O–H groups in total. The molecule has 2 rings (SSSR count). The Kier molecular flexibility index (Phi) is 4.29. The summed E-state index contributed by atoms with van der Waals surface area (Å²) in [6, 6.07) is 3.08. The van der Waals surface area contributed by atoms with Crippen molar-refractivity contribution in [1.82, 2.24) is 0 Å². The Morgan fingerprint density at radius 3 is 2.84 bits per heavy atom. The van der Waals surface area contributed by atoms with E-state index in [2.05, 4.69) is 5.32 Å². The van der Waals surface area contributed by atoms with Crippen molar-refractivity contribution in [2.24, 2.45) is 0 Å². The Bertz CT molecular complexity index is 492. The molecule has 0 bridgehead atoms. The molecule has 0 amide bonds. The Morgan fingerprint density at radius 2 is 2.26 bits per heavy atom. The van der Waals surface area contributed by atoms with Gasteiger partial charge in [0.2, 0.25) is 0 Å². The van der Waals surface area contributed by atoms with E-state index < -0.39 is 12.1 Å². The van der Waals surface area contributed by atoms with E-state index >= 15 is 0 Å². The van der Waals surface area contributed by atoms with Gasteiger partial charge >= 0.3 is 5.97 Å². The average Bonchev–Trinajstić information content (AvgIpc) is 2.78. The number of benzene rings is 1. The molecule has 2 atom stereocenters. The number of aliphatic hydroxyl groups excluding tert-OH is 1. The van der Waals surface area contributed by atoms with E-state index in [1.54, 1.807) is 19.1 Å². The molecule has 0 radical (unpaired) electrons. The summed E-state index contributed by atoms with van der Waals surface area (Å²) in [5.41, 5.74) is 1.84. The summed E-state index contributed by atoms with van der Waals surface area (Å²) in [4.78, 5) is 11.7. The molecule has 0 spiro atoms. The second kappa shape index (κ2) is 5.77. The van der Waals surface area contributed by atoms with Gasteiger partial charge in [0.25, 0.3) is 0 Å². The first kappa shape index (κ1) is 14.1.